The van der Waals surface area contributed by atoms with Crippen molar-refractivity contribution in [3.05, 3.63) is 11.9 Å². The van der Waals surface area contributed by atoms with Crippen LogP contribution in [0, 0.1) is 0 Å². The molecule has 1 heterocycles. The molecule has 1 atom stereocenters. The van der Waals surface area contributed by atoms with Gasteiger partial charge in [-0.15, -0.1) is 0 Å². The van der Waals surface area contributed by atoms with Crippen molar-refractivity contribution in [2.24, 2.45) is 7.05 Å². The molecule has 1 aliphatic rings. The van der Waals surface area contributed by atoms with Crippen LogP contribution in [-0.4, -0.2) is 34.9 Å². The van der Waals surface area contributed by atoms with Gasteiger partial charge in [0.2, 0.25) is 0 Å². The molecule has 1 aromatic heterocycles. The van der Waals surface area contributed by atoms with Crippen LogP contribution in [0.2, 0.25) is 0 Å². The maximum Gasteiger partial charge on any atom is 0.161 e. The second-order valence-electron chi connectivity index (χ2n) is 5.16. The summed E-state index contributed by atoms with van der Waals surface area (Å²) in [4.78, 5) is 0. The lowest BCUT2D eigenvalue weighted by molar-refractivity contribution is 0.401. The standard InChI is InChI=1S/C14H25N3OS/c1-15-12(10-19-11-7-5-4-6-8-11)14-13(18-3)9-16-17(14)2/h9,11-12,15H,4-8,10H2,1-3H3. The van der Waals surface area contributed by atoms with E-state index in [-0.39, 0.29) is 0 Å². The van der Waals surface area contributed by atoms with Gasteiger partial charge in [-0.2, -0.15) is 16.9 Å². The lowest BCUT2D eigenvalue weighted by Crippen LogP contribution is -2.23. The number of thioether (sulfide) groups is 1. The summed E-state index contributed by atoms with van der Waals surface area (Å²) in [5.41, 5.74) is 1.15. The molecule has 0 radical (unpaired) electrons. The fourth-order valence-electron chi connectivity index (χ4n) is 2.74. The molecule has 0 spiro atoms. The van der Waals surface area contributed by atoms with E-state index in [0.29, 0.717) is 6.04 Å². The van der Waals surface area contributed by atoms with Crippen molar-refractivity contribution in [3.8, 4) is 5.75 Å². The first-order valence-corrected chi connectivity index (χ1v) is 8.16. The van der Waals surface area contributed by atoms with Crippen LogP contribution in [0.15, 0.2) is 6.20 Å². The summed E-state index contributed by atoms with van der Waals surface area (Å²) in [5.74, 6) is 1.96. The Labute approximate surface area is 120 Å². The van der Waals surface area contributed by atoms with Crippen LogP contribution in [0.5, 0.6) is 5.75 Å². The summed E-state index contributed by atoms with van der Waals surface area (Å²) in [6.07, 6.45) is 8.77. The smallest absolute Gasteiger partial charge is 0.161 e. The van der Waals surface area contributed by atoms with Crippen molar-refractivity contribution in [2.75, 3.05) is 19.9 Å². The molecule has 0 saturated heterocycles. The Kier molecular flexibility index (Phi) is 5.58. The molecule has 1 fully saturated rings. The van der Waals surface area contributed by atoms with Gasteiger partial charge in [-0.25, -0.2) is 0 Å². The van der Waals surface area contributed by atoms with Gasteiger partial charge < -0.3 is 10.1 Å². The minimum absolute atomic E-state index is 0.300. The zero-order chi connectivity index (χ0) is 13.7. The van der Waals surface area contributed by atoms with Gasteiger partial charge in [0.05, 0.1) is 25.0 Å². The van der Waals surface area contributed by atoms with E-state index < -0.39 is 0 Å². The van der Waals surface area contributed by atoms with Crippen LogP contribution < -0.4 is 10.1 Å². The summed E-state index contributed by atoms with van der Waals surface area (Å²) in [6.45, 7) is 0. The molecule has 1 aromatic rings. The Hall–Kier alpha value is -0.680. The number of rotatable bonds is 6. The van der Waals surface area contributed by atoms with Gasteiger partial charge in [-0.1, -0.05) is 19.3 Å². The molecule has 0 amide bonds. The van der Waals surface area contributed by atoms with E-state index in [1.54, 1.807) is 13.3 Å². The van der Waals surface area contributed by atoms with Crippen molar-refractivity contribution >= 4 is 11.8 Å². The molecule has 108 valence electrons. The van der Waals surface area contributed by atoms with Gasteiger partial charge in [-0.05, 0) is 19.9 Å². The zero-order valence-electron chi connectivity index (χ0n) is 12.2. The van der Waals surface area contributed by atoms with Crippen molar-refractivity contribution in [1.29, 1.82) is 0 Å². The van der Waals surface area contributed by atoms with Crippen molar-refractivity contribution in [2.45, 2.75) is 43.4 Å². The van der Waals surface area contributed by atoms with Crippen molar-refractivity contribution in [1.82, 2.24) is 15.1 Å². The largest absolute Gasteiger partial charge is 0.493 e. The number of aromatic nitrogens is 2. The van der Waals surface area contributed by atoms with E-state index in [1.807, 2.05) is 18.8 Å². The SMILES string of the molecule is CNC(CSC1CCCCC1)c1c(OC)cnn1C. The number of aryl methyl sites for hydroxylation is 1. The van der Waals surface area contributed by atoms with Gasteiger partial charge in [-0.3, -0.25) is 4.68 Å². The molecule has 2 rings (SSSR count). The van der Waals surface area contributed by atoms with Crippen molar-refractivity contribution in [3.63, 3.8) is 0 Å². The zero-order valence-corrected chi connectivity index (χ0v) is 13.0. The monoisotopic (exact) mass is 283 g/mol. The number of nitrogens with one attached hydrogen (secondary N) is 1. The fraction of sp³-hybridized carbons (Fsp3) is 0.786. The summed E-state index contributed by atoms with van der Waals surface area (Å²) < 4.78 is 7.33. The predicted octanol–water partition coefficient (Wildman–Crippen LogP) is 2.76. The first kappa shape index (κ1) is 14.7. The molecule has 1 saturated carbocycles. The molecule has 1 N–H and O–H groups in total. The summed E-state index contributed by atoms with van der Waals surface area (Å²) in [5, 5.41) is 8.53. The summed E-state index contributed by atoms with van der Waals surface area (Å²) in [6, 6.07) is 0.300. The summed E-state index contributed by atoms with van der Waals surface area (Å²) >= 11 is 2.10. The molecule has 1 aliphatic carbocycles. The quantitative estimate of drug-likeness (QED) is 0.871. The van der Waals surface area contributed by atoms with Gasteiger partial charge in [0, 0.05) is 18.1 Å². The number of nitrogens with zero attached hydrogens (tertiary/aromatic N) is 2. The van der Waals surface area contributed by atoms with Crippen LogP contribution in [0.3, 0.4) is 0 Å². The molecular weight excluding hydrogens is 258 g/mol. The Morgan fingerprint density at radius 1 is 1.47 bits per heavy atom. The van der Waals surface area contributed by atoms with Gasteiger partial charge in [0.25, 0.3) is 0 Å². The van der Waals surface area contributed by atoms with E-state index in [9.17, 15) is 0 Å². The van der Waals surface area contributed by atoms with Gasteiger partial charge in [0.1, 0.15) is 0 Å². The number of hydrogen-bond acceptors (Lipinski definition) is 4. The lowest BCUT2D eigenvalue weighted by atomic mass is 10.0. The molecule has 0 bridgehead atoms. The molecule has 0 aliphatic heterocycles. The third-order valence-corrected chi connectivity index (χ3v) is 5.37. The molecule has 5 heteroatoms. The number of ether oxygens (including phenoxy) is 1. The van der Waals surface area contributed by atoms with Crippen LogP contribution in [-0.2, 0) is 7.05 Å². The van der Waals surface area contributed by atoms with E-state index >= 15 is 0 Å². The van der Waals surface area contributed by atoms with E-state index in [2.05, 4.69) is 22.2 Å². The molecule has 1 unspecified atom stereocenters. The maximum atomic E-state index is 5.41. The highest BCUT2D eigenvalue weighted by atomic mass is 32.2. The minimum atomic E-state index is 0.300. The fourth-order valence-corrected chi connectivity index (χ4v) is 4.20. The maximum absolute atomic E-state index is 5.41. The Bertz CT molecular complexity index is 388. The summed E-state index contributed by atoms with van der Waals surface area (Å²) in [7, 11) is 5.70. The number of hydrogen-bond donors (Lipinski definition) is 1. The third-order valence-electron chi connectivity index (χ3n) is 3.90. The van der Waals surface area contributed by atoms with E-state index in [1.165, 1.54) is 32.1 Å². The van der Waals surface area contributed by atoms with Crippen LogP contribution in [0.25, 0.3) is 0 Å². The van der Waals surface area contributed by atoms with E-state index in [0.717, 1.165) is 22.4 Å². The molecule has 19 heavy (non-hydrogen) atoms. The van der Waals surface area contributed by atoms with Gasteiger partial charge in [0.15, 0.2) is 5.75 Å². The molecular formula is C14H25N3OS. The normalized spacial score (nSPS) is 18.5. The first-order valence-electron chi connectivity index (χ1n) is 7.11. The Balaban J connectivity index is 1.97. The second kappa shape index (κ2) is 7.20. The minimum Gasteiger partial charge on any atom is -0.493 e. The van der Waals surface area contributed by atoms with Crippen LogP contribution >= 0.6 is 11.8 Å². The average Bonchev–Trinajstić information content (AvgIpc) is 2.82. The topological polar surface area (TPSA) is 39.1 Å². The third kappa shape index (κ3) is 3.66. The van der Waals surface area contributed by atoms with E-state index in [4.69, 9.17) is 4.74 Å². The number of methoxy groups -OCH3 is 1. The average molecular weight is 283 g/mol. The Morgan fingerprint density at radius 3 is 2.84 bits per heavy atom. The highest BCUT2D eigenvalue weighted by Gasteiger charge is 2.22. The van der Waals surface area contributed by atoms with Gasteiger partial charge >= 0.3 is 0 Å². The Morgan fingerprint density at radius 2 is 2.21 bits per heavy atom. The highest BCUT2D eigenvalue weighted by Crippen LogP contribution is 2.33. The lowest BCUT2D eigenvalue weighted by Gasteiger charge is -2.24. The van der Waals surface area contributed by atoms with Crippen LogP contribution in [0.1, 0.15) is 43.8 Å². The molecule has 4 nitrogen and oxygen atoms in total. The highest BCUT2D eigenvalue weighted by molar-refractivity contribution is 7.99. The van der Waals surface area contributed by atoms with Crippen LogP contribution in [0.4, 0.5) is 0 Å². The van der Waals surface area contributed by atoms with Crippen molar-refractivity contribution < 1.29 is 4.74 Å². The first-order chi connectivity index (χ1) is 9.26. The second-order valence-corrected chi connectivity index (χ2v) is 6.49. The predicted molar refractivity (Wildman–Crippen MR) is 80.9 cm³/mol. The molecule has 0 aromatic carbocycles.